The van der Waals surface area contributed by atoms with Gasteiger partial charge in [-0.05, 0) is 37.6 Å². The summed E-state index contributed by atoms with van der Waals surface area (Å²) in [7, 11) is 0. The zero-order valence-corrected chi connectivity index (χ0v) is 10.9. The van der Waals surface area contributed by atoms with Crippen LogP contribution in [0.25, 0.3) is 16.9 Å². The molecule has 2 heterocycles. The van der Waals surface area contributed by atoms with Gasteiger partial charge >= 0.3 is 0 Å². The Morgan fingerprint density at radius 3 is 2.63 bits per heavy atom. The van der Waals surface area contributed by atoms with Gasteiger partial charge in [-0.25, -0.2) is 4.98 Å². The van der Waals surface area contributed by atoms with Crippen molar-refractivity contribution >= 4 is 11.9 Å². The Balaban J connectivity index is 2.31. The lowest BCUT2D eigenvalue weighted by Crippen LogP contribution is -1.92. The molecule has 0 radical (unpaired) electrons. The summed E-state index contributed by atoms with van der Waals surface area (Å²) in [5.41, 5.74) is 5.40. The molecule has 0 aliphatic heterocycles. The number of carbonyl (C=O) groups is 1. The highest BCUT2D eigenvalue weighted by Crippen LogP contribution is 2.24. The summed E-state index contributed by atoms with van der Waals surface area (Å²) in [6, 6.07) is 12.0. The van der Waals surface area contributed by atoms with Gasteiger partial charge in [0.05, 0.1) is 0 Å². The number of aromatic nitrogens is 2. The van der Waals surface area contributed by atoms with Crippen LogP contribution in [-0.4, -0.2) is 15.7 Å². The van der Waals surface area contributed by atoms with Crippen LogP contribution in [0.1, 0.15) is 21.6 Å². The predicted molar refractivity (Wildman–Crippen MR) is 75.5 cm³/mol. The fourth-order valence-corrected chi connectivity index (χ4v) is 2.28. The van der Waals surface area contributed by atoms with Gasteiger partial charge in [0, 0.05) is 11.8 Å². The Hall–Kier alpha value is -2.42. The van der Waals surface area contributed by atoms with Crippen molar-refractivity contribution in [3.05, 3.63) is 59.4 Å². The Morgan fingerprint density at radius 2 is 1.89 bits per heavy atom. The van der Waals surface area contributed by atoms with Crippen LogP contribution in [0.3, 0.4) is 0 Å². The van der Waals surface area contributed by atoms with Crippen LogP contribution < -0.4 is 0 Å². The molecule has 1 aromatic carbocycles. The number of hydrogen-bond donors (Lipinski definition) is 0. The number of rotatable bonds is 2. The third-order valence-corrected chi connectivity index (χ3v) is 3.22. The molecule has 3 rings (SSSR count). The van der Waals surface area contributed by atoms with E-state index in [2.05, 4.69) is 4.98 Å². The zero-order valence-electron chi connectivity index (χ0n) is 10.9. The number of aryl methyl sites for hydroxylation is 2. The van der Waals surface area contributed by atoms with E-state index in [-0.39, 0.29) is 0 Å². The minimum absolute atomic E-state index is 0.598. The van der Waals surface area contributed by atoms with Crippen LogP contribution >= 0.6 is 0 Å². The number of benzene rings is 1. The van der Waals surface area contributed by atoms with Crippen LogP contribution in [0.5, 0.6) is 0 Å². The number of aldehydes is 1. The highest BCUT2D eigenvalue weighted by atomic mass is 16.1. The number of imidazole rings is 1. The molecule has 0 aliphatic carbocycles. The highest BCUT2D eigenvalue weighted by molar-refractivity contribution is 5.86. The fraction of sp³-hybridized carbons (Fsp3) is 0.125. The average Bonchev–Trinajstić information content (AvgIpc) is 2.76. The number of nitrogens with zero attached hydrogens (tertiary/aromatic N) is 2. The maximum absolute atomic E-state index is 11.4. The van der Waals surface area contributed by atoms with Gasteiger partial charge < -0.3 is 0 Å². The topological polar surface area (TPSA) is 34.4 Å². The van der Waals surface area contributed by atoms with Crippen molar-refractivity contribution in [2.45, 2.75) is 13.8 Å². The molecule has 3 heteroatoms. The monoisotopic (exact) mass is 250 g/mol. The molecule has 94 valence electrons. The van der Waals surface area contributed by atoms with E-state index < -0.39 is 0 Å². The fourth-order valence-electron chi connectivity index (χ4n) is 2.28. The molecule has 0 aliphatic rings. The summed E-state index contributed by atoms with van der Waals surface area (Å²) in [6.45, 7) is 4.05. The predicted octanol–water partition coefficient (Wildman–Crippen LogP) is 3.43. The molecule has 19 heavy (non-hydrogen) atoms. The van der Waals surface area contributed by atoms with E-state index >= 15 is 0 Å². The van der Waals surface area contributed by atoms with Gasteiger partial charge in [0.1, 0.15) is 17.0 Å². The first-order valence-electron chi connectivity index (χ1n) is 6.20. The van der Waals surface area contributed by atoms with E-state index in [0.29, 0.717) is 5.69 Å². The molecule has 0 amide bonds. The lowest BCUT2D eigenvalue weighted by Gasteiger charge is -2.00. The van der Waals surface area contributed by atoms with E-state index in [9.17, 15) is 4.79 Å². The van der Waals surface area contributed by atoms with Gasteiger partial charge in [0.15, 0.2) is 6.29 Å². The Morgan fingerprint density at radius 1 is 1.11 bits per heavy atom. The van der Waals surface area contributed by atoms with Crippen LogP contribution in [0.4, 0.5) is 0 Å². The van der Waals surface area contributed by atoms with Crippen molar-refractivity contribution in [1.29, 1.82) is 0 Å². The van der Waals surface area contributed by atoms with Crippen molar-refractivity contribution < 1.29 is 4.79 Å². The molecule has 0 unspecified atom stereocenters. The summed E-state index contributed by atoms with van der Waals surface area (Å²) in [5.74, 6) is 0. The minimum Gasteiger partial charge on any atom is -0.297 e. The number of hydrogen-bond acceptors (Lipinski definition) is 2. The van der Waals surface area contributed by atoms with Crippen molar-refractivity contribution in [3.63, 3.8) is 0 Å². The highest BCUT2D eigenvalue weighted by Gasteiger charge is 2.13. The van der Waals surface area contributed by atoms with Gasteiger partial charge in [-0.15, -0.1) is 0 Å². The number of carbonyl (C=O) groups excluding carboxylic acids is 1. The minimum atomic E-state index is 0.598. The van der Waals surface area contributed by atoms with Crippen LogP contribution in [0.15, 0.2) is 42.6 Å². The van der Waals surface area contributed by atoms with Gasteiger partial charge in [0.2, 0.25) is 0 Å². The van der Waals surface area contributed by atoms with Gasteiger partial charge in [-0.3, -0.25) is 9.20 Å². The van der Waals surface area contributed by atoms with Crippen LogP contribution in [0, 0.1) is 13.8 Å². The molecule has 0 spiro atoms. The Bertz CT molecular complexity index is 772. The third kappa shape index (κ3) is 1.93. The van der Waals surface area contributed by atoms with Crippen molar-refractivity contribution in [2.24, 2.45) is 0 Å². The molecule has 0 N–H and O–H groups in total. The van der Waals surface area contributed by atoms with Gasteiger partial charge in [-0.1, -0.05) is 23.8 Å². The maximum Gasteiger partial charge on any atom is 0.169 e. The lowest BCUT2D eigenvalue weighted by atomic mass is 10.1. The van der Waals surface area contributed by atoms with Crippen molar-refractivity contribution in [1.82, 2.24) is 9.38 Å². The standard InChI is InChI=1S/C16H14N2O/c1-11-4-3-5-13(8-11)16-14(10-19)18-7-6-12(2)9-15(18)17-16/h3-10H,1-2H3. The second kappa shape index (κ2) is 4.35. The van der Waals surface area contributed by atoms with Crippen LogP contribution in [0.2, 0.25) is 0 Å². The molecule has 2 aromatic heterocycles. The molecular weight excluding hydrogens is 236 g/mol. The normalized spacial score (nSPS) is 10.8. The van der Waals surface area contributed by atoms with Gasteiger partial charge in [-0.2, -0.15) is 0 Å². The molecule has 0 bridgehead atoms. The second-order valence-electron chi connectivity index (χ2n) is 4.77. The summed E-state index contributed by atoms with van der Waals surface area (Å²) in [6.07, 6.45) is 2.76. The van der Waals surface area contributed by atoms with Gasteiger partial charge in [0.25, 0.3) is 0 Å². The van der Waals surface area contributed by atoms with Crippen molar-refractivity contribution in [3.8, 4) is 11.3 Å². The third-order valence-electron chi connectivity index (χ3n) is 3.22. The molecule has 0 saturated carbocycles. The first-order chi connectivity index (χ1) is 9.19. The molecule has 0 fully saturated rings. The van der Waals surface area contributed by atoms with Crippen LogP contribution in [-0.2, 0) is 0 Å². The van der Waals surface area contributed by atoms with E-state index in [1.165, 1.54) is 0 Å². The maximum atomic E-state index is 11.4. The quantitative estimate of drug-likeness (QED) is 0.653. The molecule has 0 atom stereocenters. The molecule has 0 saturated heterocycles. The molecule has 3 nitrogen and oxygen atoms in total. The largest absolute Gasteiger partial charge is 0.297 e. The summed E-state index contributed by atoms with van der Waals surface area (Å²) in [5, 5.41) is 0. The first kappa shape index (κ1) is 11.7. The number of fused-ring (bicyclic) bond motifs is 1. The Labute approximate surface area is 111 Å². The van der Waals surface area contributed by atoms with E-state index in [4.69, 9.17) is 0 Å². The van der Waals surface area contributed by atoms with E-state index in [0.717, 1.165) is 34.3 Å². The first-order valence-corrected chi connectivity index (χ1v) is 6.20. The Kier molecular flexibility index (Phi) is 2.67. The summed E-state index contributed by atoms with van der Waals surface area (Å²) < 4.78 is 1.83. The SMILES string of the molecule is Cc1cccc(-c2nc3cc(C)ccn3c2C=O)c1. The summed E-state index contributed by atoms with van der Waals surface area (Å²) in [4.78, 5) is 16.0. The summed E-state index contributed by atoms with van der Waals surface area (Å²) >= 11 is 0. The second-order valence-corrected chi connectivity index (χ2v) is 4.77. The smallest absolute Gasteiger partial charge is 0.169 e. The molecular formula is C16H14N2O. The van der Waals surface area contributed by atoms with E-state index in [1.54, 1.807) is 0 Å². The van der Waals surface area contributed by atoms with E-state index in [1.807, 2.05) is 60.8 Å². The number of pyridine rings is 1. The van der Waals surface area contributed by atoms with Crippen molar-refractivity contribution in [2.75, 3.05) is 0 Å². The lowest BCUT2D eigenvalue weighted by molar-refractivity contribution is 0.111. The average molecular weight is 250 g/mol. The zero-order chi connectivity index (χ0) is 13.4. The molecule has 3 aromatic rings.